The van der Waals surface area contributed by atoms with Gasteiger partial charge in [-0.25, -0.2) is 13.7 Å². The minimum absolute atomic E-state index is 0. The van der Waals surface area contributed by atoms with Gasteiger partial charge in [0.15, 0.2) is 0 Å². The van der Waals surface area contributed by atoms with E-state index in [-0.39, 0.29) is 40.6 Å². The van der Waals surface area contributed by atoms with Crippen LogP contribution in [0.1, 0.15) is 2.85 Å². The predicted molar refractivity (Wildman–Crippen MR) is 47.4 cm³/mol. The maximum atomic E-state index is 9.63. The first kappa shape index (κ1) is 21.9. The van der Waals surface area contributed by atoms with Crippen molar-refractivity contribution in [2.75, 3.05) is 0 Å². The van der Waals surface area contributed by atoms with Crippen molar-refractivity contribution in [1.29, 1.82) is 0 Å². The monoisotopic (exact) mass is 318 g/mol. The number of rotatable bonds is 2. The molecule has 0 aromatic rings. The van der Waals surface area contributed by atoms with Crippen LogP contribution in [-0.2, 0) is 18.0 Å². The third-order valence-corrected chi connectivity index (χ3v) is 1.91. The molecule has 0 bridgehead atoms. The summed E-state index contributed by atoms with van der Waals surface area (Å²) < 4.78 is 31.1. The zero-order valence-corrected chi connectivity index (χ0v) is 11.7. The van der Waals surface area contributed by atoms with Crippen LogP contribution < -0.4 is 0 Å². The summed E-state index contributed by atoms with van der Waals surface area (Å²) in [6.07, 6.45) is 0. The second kappa shape index (κ2) is 7.86. The van der Waals surface area contributed by atoms with Crippen molar-refractivity contribution >= 4 is 61.2 Å². The predicted octanol–water partition coefficient (Wildman–Crippen LogP) is -1.90. The van der Waals surface area contributed by atoms with Gasteiger partial charge in [-0.15, -0.1) is 0 Å². The summed E-state index contributed by atoms with van der Waals surface area (Å²) in [7, 11) is -14.7. The SMILES string of the molecule is O=P(O)(O)O.O=P(O)(O)OP(=O)(O)O.[Ca+2].[H-].[H-]. The number of hydrogen-bond donors (Lipinski definition) is 7. The van der Waals surface area contributed by atoms with E-state index in [9.17, 15) is 9.13 Å². The van der Waals surface area contributed by atoms with Crippen molar-refractivity contribution in [3.05, 3.63) is 0 Å². The molecule has 0 aromatic heterocycles. The van der Waals surface area contributed by atoms with Crippen LogP contribution in [0, 0.1) is 0 Å². The Kier molecular flexibility index (Phi) is 11.5. The largest absolute Gasteiger partial charge is 2.00 e. The molecule has 0 rings (SSSR count). The zero-order valence-electron chi connectivity index (χ0n) is 8.81. The van der Waals surface area contributed by atoms with Gasteiger partial charge >= 0.3 is 61.2 Å². The molecule has 0 aliphatic rings. The Balaban J connectivity index is -0.0000000533. The molecule has 0 saturated heterocycles. The number of phosphoric acid groups is 3. The molecule has 15 heavy (non-hydrogen) atoms. The van der Waals surface area contributed by atoms with Crippen LogP contribution in [0.3, 0.4) is 0 Å². The zero-order chi connectivity index (χ0) is 12.2. The molecule has 0 amide bonds. The maximum absolute atomic E-state index is 9.63. The summed E-state index contributed by atoms with van der Waals surface area (Å²) in [4.78, 5) is 52.6. The van der Waals surface area contributed by atoms with Crippen molar-refractivity contribution < 1.29 is 55.1 Å². The van der Waals surface area contributed by atoms with Gasteiger partial charge in [0.05, 0.1) is 0 Å². The van der Waals surface area contributed by atoms with E-state index >= 15 is 0 Å². The molecule has 11 nitrogen and oxygen atoms in total. The quantitative estimate of drug-likeness (QED) is 0.221. The van der Waals surface area contributed by atoms with Crippen LogP contribution >= 0.6 is 23.5 Å². The van der Waals surface area contributed by atoms with Crippen LogP contribution in [0.25, 0.3) is 0 Å². The second-order valence-corrected chi connectivity index (χ2v) is 5.22. The van der Waals surface area contributed by atoms with E-state index < -0.39 is 23.5 Å². The average Bonchev–Trinajstić information content (AvgIpc) is 1.42. The summed E-state index contributed by atoms with van der Waals surface area (Å²) >= 11 is 0. The third-order valence-electron chi connectivity index (χ3n) is 0.213. The minimum atomic E-state index is -5.05. The first-order chi connectivity index (χ1) is 5.71. The van der Waals surface area contributed by atoms with Crippen molar-refractivity contribution in [3.8, 4) is 0 Å². The van der Waals surface area contributed by atoms with Gasteiger partial charge in [0.2, 0.25) is 0 Å². The van der Waals surface area contributed by atoms with Crippen LogP contribution in [0.4, 0.5) is 0 Å². The Labute approximate surface area is 116 Å². The van der Waals surface area contributed by atoms with Gasteiger partial charge in [-0.3, -0.25) is 0 Å². The smallest absolute Gasteiger partial charge is 1.00 e. The third kappa shape index (κ3) is 49.9. The molecule has 0 heterocycles. The molecule has 15 heteroatoms. The molecule has 0 saturated carbocycles. The van der Waals surface area contributed by atoms with E-state index in [4.69, 9.17) is 38.8 Å². The van der Waals surface area contributed by atoms with E-state index in [0.717, 1.165) is 0 Å². The molecule has 0 unspecified atom stereocenters. The van der Waals surface area contributed by atoms with E-state index in [1.807, 2.05) is 0 Å². The van der Waals surface area contributed by atoms with E-state index in [0.29, 0.717) is 0 Å². The summed E-state index contributed by atoms with van der Waals surface area (Å²) in [6.45, 7) is 0. The Morgan fingerprint density at radius 3 is 0.867 bits per heavy atom. The fraction of sp³-hybridized carbons (Fsp3) is 0. The molecule has 7 N–H and O–H groups in total. The minimum Gasteiger partial charge on any atom is -1.00 e. The van der Waals surface area contributed by atoms with Crippen molar-refractivity contribution in [1.82, 2.24) is 0 Å². The van der Waals surface area contributed by atoms with Crippen molar-refractivity contribution in [2.45, 2.75) is 0 Å². The van der Waals surface area contributed by atoms with E-state index in [1.54, 1.807) is 0 Å². The maximum Gasteiger partial charge on any atom is 2.00 e. The van der Waals surface area contributed by atoms with E-state index in [1.165, 1.54) is 0 Å². The number of hydrogen-bond acceptors (Lipinski definition) is 4. The van der Waals surface area contributed by atoms with Crippen LogP contribution in [0.2, 0.25) is 0 Å². The Hall–Kier alpha value is 1.63. The summed E-state index contributed by atoms with van der Waals surface area (Å²) in [6, 6.07) is 0. The molecular weight excluding hydrogens is 309 g/mol. The Bertz CT molecular complexity index is 268. The van der Waals surface area contributed by atoms with Crippen molar-refractivity contribution in [2.24, 2.45) is 0 Å². The normalized spacial score (nSPS) is 12.2. The molecule has 0 spiro atoms. The van der Waals surface area contributed by atoms with Gasteiger partial charge in [-0.05, 0) is 0 Å². The molecule has 0 aromatic carbocycles. The molecule has 92 valence electrons. The Morgan fingerprint density at radius 2 is 0.867 bits per heavy atom. The van der Waals surface area contributed by atoms with Gasteiger partial charge in [0.1, 0.15) is 0 Å². The van der Waals surface area contributed by atoms with Gasteiger partial charge in [0, 0.05) is 0 Å². The first-order valence-electron chi connectivity index (χ1n) is 2.31. The van der Waals surface area contributed by atoms with Crippen LogP contribution in [0.15, 0.2) is 0 Å². The van der Waals surface area contributed by atoms with E-state index in [2.05, 4.69) is 4.31 Å². The van der Waals surface area contributed by atoms with Crippen LogP contribution in [-0.4, -0.2) is 72.0 Å². The molecule has 0 atom stereocenters. The molecule has 0 aliphatic carbocycles. The molecule has 0 aliphatic heterocycles. The summed E-state index contributed by atoms with van der Waals surface area (Å²) in [5, 5.41) is 0. The second-order valence-electron chi connectivity index (χ2n) is 1.58. The molecule has 0 radical (unpaired) electrons. The first-order valence-corrected chi connectivity index (χ1v) is 6.94. The fourth-order valence-corrected chi connectivity index (χ4v) is 1.25. The fourth-order valence-electron chi connectivity index (χ4n) is 0.139. The summed E-state index contributed by atoms with van der Waals surface area (Å²) in [5.41, 5.74) is 0. The molecule has 0 fully saturated rings. The van der Waals surface area contributed by atoms with Crippen LogP contribution in [0.5, 0.6) is 0 Å². The summed E-state index contributed by atoms with van der Waals surface area (Å²) in [5.74, 6) is 0. The van der Waals surface area contributed by atoms with Gasteiger partial charge in [-0.1, -0.05) is 0 Å². The van der Waals surface area contributed by atoms with Crippen molar-refractivity contribution in [3.63, 3.8) is 0 Å². The Morgan fingerprint density at radius 1 is 0.733 bits per heavy atom. The van der Waals surface area contributed by atoms with Gasteiger partial charge in [-0.2, -0.15) is 4.31 Å². The van der Waals surface area contributed by atoms with Gasteiger partial charge in [0.25, 0.3) is 0 Å². The average molecular weight is 318 g/mol. The molecular formula is H9CaO11P3. The standard InChI is InChI=1S/Ca.H4O7P2.H3O4P.2H/c;1-8(2,3)7-9(4,5)6;1-5(2,3)4;;/h;(H2,1,2,3)(H2,4,5,6);(H3,1,2,3,4);;/q+2;;;2*-1. The van der Waals surface area contributed by atoms with Gasteiger partial charge < -0.3 is 37.1 Å². The topological polar surface area (TPSA) is 202 Å².